The second-order valence-electron chi connectivity index (χ2n) is 15.5. The van der Waals surface area contributed by atoms with Crippen LogP contribution in [-0.4, -0.2) is 132 Å². The molecule has 0 spiro atoms. The summed E-state index contributed by atoms with van der Waals surface area (Å²) >= 11 is 0. The number of tetrazole rings is 1. The molecule has 22 heteroatoms. The van der Waals surface area contributed by atoms with Crippen molar-refractivity contribution in [3.05, 3.63) is 108 Å². The van der Waals surface area contributed by atoms with Gasteiger partial charge in [0.25, 0.3) is 5.91 Å². The summed E-state index contributed by atoms with van der Waals surface area (Å²) in [7, 11) is 0. The predicted molar refractivity (Wildman–Crippen MR) is 222 cm³/mol. The number of carbonyl (C=O) groups excluding carboxylic acids is 2. The van der Waals surface area contributed by atoms with Crippen LogP contribution in [0.15, 0.2) is 85.3 Å². The molecule has 0 aliphatic carbocycles. The number of alkyl halides is 3. The number of rotatable bonds is 13. The Hall–Kier alpha value is -6.78. The molecule has 0 unspecified atom stereocenters. The van der Waals surface area contributed by atoms with Gasteiger partial charge in [0.2, 0.25) is 11.8 Å². The average molecular weight is 884 g/mol. The number of imidazole rings is 1. The third kappa shape index (κ3) is 8.88. The van der Waals surface area contributed by atoms with E-state index in [9.17, 15) is 27.9 Å². The lowest BCUT2D eigenvalue weighted by atomic mass is 9.91. The Balaban J connectivity index is 1.02. The fraction of sp³-hybridized carbons (Fsp3) is 0.405. The molecule has 3 saturated heterocycles. The highest BCUT2D eigenvalue weighted by molar-refractivity contribution is 5.94. The molecule has 64 heavy (non-hydrogen) atoms. The van der Waals surface area contributed by atoms with Crippen molar-refractivity contribution in [3.8, 4) is 0 Å². The second kappa shape index (κ2) is 18.1. The van der Waals surface area contributed by atoms with Gasteiger partial charge in [-0.1, -0.05) is 60.7 Å². The van der Waals surface area contributed by atoms with Crippen molar-refractivity contribution in [3.63, 3.8) is 0 Å². The van der Waals surface area contributed by atoms with E-state index in [1.807, 2.05) is 71.6 Å². The van der Waals surface area contributed by atoms with Crippen molar-refractivity contribution in [2.75, 3.05) is 61.1 Å². The predicted octanol–water partition coefficient (Wildman–Crippen LogP) is 3.42. The van der Waals surface area contributed by atoms with Gasteiger partial charge in [-0.15, -0.1) is 10.2 Å². The lowest BCUT2D eigenvalue weighted by molar-refractivity contribution is -0.210. The maximum atomic E-state index is 13.5. The zero-order valence-corrected chi connectivity index (χ0v) is 34.5. The summed E-state index contributed by atoms with van der Waals surface area (Å²) in [5, 5.41) is 30.2. The lowest BCUT2D eigenvalue weighted by Crippen LogP contribution is -2.38. The molecular formula is C42H44F3N13O6. The number of esters is 1. The van der Waals surface area contributed by atoms with Crippen LogP contribution in [0.3, 0.4) is 0 Å². The maximum absolute atomic E-state index is 13.5. The molecule has 7 heterocycles. The number of pyridine rings is 1. The number of hydrogen-bond donors (Lipinski definition) is 3. The van der Waals surface area contributed by atoms with E-state index in [0.29, 0.717) is 50.7 Å². The molecular weight excluding hydrogens is 840 g/mol. The average Bonchev–Trinajstić information content (AvgIpc) is 4.14. The molecule has 3 fully saturated rings. The highest BCUT2D eigenvalue weighted by Gasteiger charge is 2.53. The minimum atomic E-state index is -5.36. The molecule has 5 atom stereocenters. The van der Waals surface area contributed by atoms with E-state index >= 15 is 0 Å². The van der Waals surface area contributed by atoms with Crippen LogP contribution in [0.2, 0.25) is 0 Å². The van der Waals surface area contributed by atoms with E-state index in [1.165, 1.54) is 15.7 Å². The van der Waals surface area contributed by atoms with Crippen LogP contribution in [0.5, 0.6) is 0 Å². The number of nitrogens with one attached hydrogen (secondary N) is 2. The highest BCUT2D eigenvalue weighted by Crippen LogP contribution is 2.42. The first-order valence-electron chi connectivity index (χ1n) is 20.9. The Bertz CT molecular complexity index is 2520. The lowest BCUT2D eigenvalue weighted by Gasteiger charge is -2.27. The van der Waals surface area contributed by atoms with Crippen LogP contribution >= 0.6 is 0 Å². The fourth-order valence-corrected chi connectivity index (χ4v) is 8.09. The molecule has 9 rings (SSSR count). The SMILES string of the molecule is CCn1nnc([C@H]2O[C@@H](n3cnc4c(NCC(c5ccccc5)c5ccccc5)nc(N5CC[C@@H](NC(=O)c6ccc(N7CCOCC7)nc6)C5)nc43)[C@H](O)[C@@H]2OC(=O)C(F)(F)F)n1. The van der Waals surface area contributed by atoms with E-state index in [2.05, 4.69) is 40.9 Å². The number of anilines is 3. The summed E-state index contributed by atoms with van der Waals surface area (Å²) in [5.74, 6) is -1.80. The standard InChI is InChI=1S/C42H44F3N13O6/c1-2-58-53-36(52-54-58)34-33(64-40(61)42(43,44)45)32(59)39(63-34)57-24-48-31-35(47-22-29(25-9-5-3-6-10-25)26-11-7-4-8-12-26)50-41(51-37(31)57)56-16-15-28(23-56)49-38(60)27-13-14-30(46-21-27)55-17-19-62-20-18-55/h3-14,21,24,28-29,32-34,39,59H,2,15-20,22-23H2,1H3,(H,49,60)(H,47,50,51)/t28-,32-,33+,34+,39-/m1/s1. The number of benzene rings is 2. The number of hydrogen-bond acceptors (Lipinski definition) is 16. The fourth-order valence-electron chi connectivity index (χ4n) is 8.09. The molecule has 334 valence electrons. The first-order chi connectivity index (χ1) is 31.0. The van der Waals surface area contributed by atoms with E-state index < -0.39 is 36.7 Å². The van der Waals surface area contributed by atoms with Crippen LogP contribution in [0.4, 0.5) is 30.8 Å². The number of aromatic nitrogens is 9. The minimum Gasteiger partial charge on any atom is -0.449 e. The Morgan fingerprint density at radius 3 is 2.34 bits per heavy atom. The molecule has 19 nitrogen and oxygen atoms in total. The largest absolute Gasteiger partial charge is 0.490 e. The first-order valence-corrected chi connectivity index (χ1v) is 20.9. The van der Waals surface area contributed by atoms with Crippen LogP contribution in [0, 0.1) is 0 Å². The maximum Gasteiger partial charge on any atom is 0.490 e. The number of morpholine rings is 1. The number of aliphatic hydroxyl groups excluding tert-OH is 1. The third-order valence-corrected chi connectivity index (χ3v) is 11.4. The molecule has 0 saturated carbocycles. The molecule has 3 aliphatic heterocycles. The second-order valence-corrected chi connectivity index (χ2v) is 15.5. The summed E-state index contributed by atoms with van der Waals surface area (Å²) in [4.78, 5) is 49.7. The Kier molecular flexibility index (Phi) is 12.0. The van der Waals surface area contributed by atoms with Gasteiger partial charge in [0.1, 0.15) is 11.9 Å². The number of nitrogens with zero attached hydrogens (tertiary/aromatic N) is 11. The Morgan fingerprint density at radius 2 is 1.69 bits per heavy atom. The van der Waals surface area contributed by atoms with E-state index in [-0.39, 0.29) is 47.3 Å². The quantitative estimate of drug-likeness (QED) is 0.142. The van der Waals surface area contributed by atoms with Crippen LogP contribution < -0.4 is 20.4 Å². The number of fused-ring (bicyclic) bond motifs is 1. The van der Waals surface area contributed by atoms with Crippen molar-refractivity contribution in [1.82, 2.24) is 50.0 Å². The molecule has 1 amide bonds. The van der Waals surface area contributed by atoms with Gasteiger partial charge in [-0.25, -0.2) is 14.8 Å². The van der Waals surface area contributed by atoms with Crippen molar-refractivity contribution < 1.29 is 42.1 Å². The van der Waals surface area contributed by atoms with Gasteiger partial charge in [-0.05, 0) is 41.8 Å². The van der Waals surface area contributed by atoms with E-state index in [1.54, 1.807) is 19.2 Å². The number of carbonyl (C=O) groups is 2. The van der Waals surface area contributed by atoms with Crippen molar-refractivity contribution >= 4 is 40.6 Å². The highest BCUT2D eigenvalue weighted by atomic mass is 19.4. The zero-order chi connectivity index (χ0) is 44.4. The van der Waals surface area contributed by atoms with Gasteiger partial charge in [0.05, 0.1) is 31.6 Å². The Morgan fingerprint density at radius 1 is 0.953 bits per heavy atom. The van der Waals surface area contributed by atoms with Crippen molar-refractivity contribution in [2.24, 2.45) is 0 Å². The number of aryl methyl sites for hydroxylation is 1. The molecule has 6 aromatic rings. The molecule has 2 aromatic carbocycles. The zero-order valence-electron chi connectivity index (χ0n) is 34.5. The minimum absolute atomic E-state index is 0.129. The molecule has 3 aliphatic rings. The van der Waals surface area contributed by atoms with Gasteiger partial charge in [-0.3, -0.25) is 9.36 Å². The summed E-state index contributed by atoms with van der Waals surface area (Å²) in [6, 6.07) is 23.2. The van der Waals surface area contributed by atoms with Gasteiger partial charge in [-0.2, -0.15) is 27.9 Å². The molecule has 4 aromatic heterocycles. The summed E-state index contributed by atoms with van der Waals surface area (Å²) in [6.07, 6.45) is -8.73. The van der Waals surface area contributed by atoms with Gasteiger partial charge >= 0.3 is 12.1 Å². The van der Waals surface area contributed by atoms with Crippen molar-refractivity contribution in [2.45, 2.75) is 62.6 Å². The smallest absolute Gasteiger partial charge is 0.449 e. The monoisotopic (exact) mass is 883 g/mol. The Labute approximate surface area is 363 Å². The van der Waals surface area contributed by atoms with Crippen molar-refractivity contribution in [1.29, 1.82) is 0 Å². The molecule has 3 N–H and O–H groups in total. The molecule has 0 bridgehead atoms. The number of halogens is 3. The van der Waals surface area contributed by atoms with Gasteiger partial charge in [0, 0.05) is 50.9 Å². The number of amides is 1. The van der Waals surface area contributed by atoms with Crippen LogP contribution in [0.25, 0.3) is 11.2 Å². The normalized spacial score (nSPS) is 21.4. The molecule has 0 radical (unpaired) electrons. The topological polar surface area (TPSA) is 213 Å². The number of ether oxygens (including phenoxy) is 3. The van der Waals surface area contributed by atoms with Crippen LogP contribution in [0.1, 0.15) is 58.9 Å². The van der Waals surface area contributed by atoms with Crippen LogP contribution in [-0.2, 0) is 25.5 Å². The number of aliphatic hydroxyl groups is 1. The first kappa shape index (κ1) is 42.5. The van der Waals surface area contributed by atoms with Gasteiger partial charge in [0.15, 0.2) is 35.4 Å². The summed E-state index contributed by atoms with van der Waals surface area (Å²) < 4.78 is 58.3. The van der Waals surface area contributed by atoms with E-state index in [4.69, 9.17) is 24.2 Å². The third-order valence-electron chi connectivity index (χ3n) is 11.4. The summed E-state index contributed by atoms with van der Waals surface area (Å²) in [5.41, 5.74) is 2.91. The summed E-state index contributed by atoms with van der Waals surface area (Å²) in [6.45, 7) is 5.81. The van der Waals surface area contributed by atoms with Gasteiger partial charge < -0.3 is 39.8 Å². The van der Waals surface area contributed by atoms with E-state index in [0.717, 1.165) is 30.0 Å².